The molecule has 3 rings (SSSR count). The summed E-state index contributed by atoms with van der Waals surface area (Å²) in [6, 6.07) is 9.31. The van der Waals surface area contributed by atoms with Gasteiger partial charge in [-0.2, -0.15) is 5.06 Å². The molecule has 2 fully saturated rings. The third kappa shape index (κ3) is 5.30. The zero-order chi connectivity index (χ0) is 22.1. The number of esters is 1. The number of ether oxygens (including phenoxy) is 3. The van der Waals surface area contributed by atoms with Crippen LogP contribution in [-0.2, 0) is 30.4 Å². The molecule has 0 spiro atoms. The van der Waals surface area contributed by atoms with Gasteiger partial charge >= 0.3 is 12.1 Å². The Kier molecular flexibility index (Phi) is 6.40. The molecule has 0 saturated carbocycles. The molecule has 2 saturated heterocycles. The molecule has 2 aliphatic heterocycles. The van der Waals surface area contributed by atoms with Crippen molar-refractivity contribution in [1.29, 1.82) is 0 Å². The van der Waals surface area contributed by atoms with Crippen molar-refractivity contribution in [3.05, 3.63) is 35.9 Å². The molecule has 8 nitrogen and oxygen atoms in total. The second kappa shape index (κ2) is 8.53. The van der Waals surface area contributed by atoms with Gasteiger partial charge in [-0.15, -0.1) is 0 Å². The molecule has 1 amide bonds. The maximum atomic E-state index is 13.0. The number of hydroxylamine groups is 2. The summed E-state index contributed by atoms with van der Waals surface area (Å²) in [7, 11) is 0. The molecule has 166 valence electrons. The zero-order valence-electron chi connectivity index (χ0n) is 18.6. The highest BCUT2D eigenvalue weighted by Crippen LogP contribution is 2.37. The molecule has 0 aromatic heterocycles. The third-order valence-electron chi connectivity index (χ3n) is 5.09. The number of benzene rings is 1. The summed E-state index contributed by atoms with van der Waals surface area (Å²) in [6.07, 6.45) is -0.721. The molecule has 3 atom stereocenters. The first kappa shape index (κ1) is 22.5. The average Bonchev–Trinajstić information content (AvgIpc) is 3.13. The molecular weight excluding hydrogens is 388 g/mol. The molecular formula is C22H32N2O6. The number of nitrogens with zero attached hydrogens (tertiary/aromatic N) is 2. The van der Waals surface area contributed by atoms with E-state index in [4.69, 9.17) is 19.0 Å². The minimum atomic E-state index is -0.828. The molecule has 2 heterocycles. The van der Waals surface area contributed by atoms with Crippen molar-refractivity contribution in [2.75, 3.05) is 6.61 Å². The molecule has 2 aliphatic rings. The Morgan fingerprint density at radius 2 is 1.83 bits per heavy atom. The first-order valence-electron chi connectivity index (χ1n) is 10.3. The lowest BCUT2D eigenvalue weighted by atomic mass is 10.0. The summed E-state index contributed by atoms with van der Waals surface area (Å²) in [6.45, 7) is 11.4. The van der Waals surface area contributed by atoms with Gasteiger partial charge < -0.3 is 14.2 Å². The fourth-order valence-electron chi connectivity index (χ4n) is 3.89. The quantitative estimate of drug-likeness (QED) is 0.691. The van der Waals surface area contributed by atoms with Crippen molar-refractivity contribution in [1.82, 2.24) is 9.96 Å². The van der Waals surface area contributed by atoms with Crippen LogP contribution in [0.15, 0.2) is 30.3 Å². The highest BCUT2D eigenvalue weighted by molar-refractivity contribution is 5.70. The number of carbonyl (C=O) groups excluding carboxylic acids is 2. The van der Waals surface area contributed by atoms with Crippen LogP contribution in [0.5, 0.6) is 0 Å². The highest BCUT2D eigenvalue weighted by Gasteiger charge is 2.53. The first-order valence-corrected chi connectivity index (χ1v) is 10.3. The van der Waals surface area contributed by atoms with E-state index in [1.54, 1.807) is 9.96 Å². The Balaban J connectivity index is 1.85. The fourth-order valence-corrected chi connectivity index (χ4v) is 3.89. The summed E-state index contributed by atoms with van der Waals surface area (Å²) >= 11 is 0. The van der Waals surface area contributed by atoms with Crippen LogP contribution in [0.3, 0.4) is 0 Å². The maximum Gasteiger partial charge on any atom is 0.412 e. The van der Waals surface area contributed by atoms with Gasteiger partial charge in [0, 0.05) is 19.9 Å². The smallest absolute Gasteiger partial charge is 0.412 e. The fraction of sp³-hybridized carbons (Fsp3) is 0.636. The first-order chi connectivity index (χ1) is 14.0. The van der Waals surface area contributed by atoms with Crippen molar-refractivity contribution in [3.63, 3.8) is 0 Å². The predicted octanol–water partition coefficient (Wildman–Crippen LogP) is 3.45. The Hall–Kier alpha value is -2.16. The molecule has 30 heavy (non-hydrogen) atoms. The lowest BCUT2D eigenvalue weighted by Gasteiger charge is -2.38. The van der Waals surface area contributed by atoms with Crippen LogP contribution in [0, 0.1) is 0 Å². The van der Waals surface area contributed by atoms with Crippen LogP contribution in [0.1, 0.15) is 53.5 Å². The van der Waals surface area contributed by atoms with Gasteiger partial charge in [-0.05, 0) is 40.2 Å². The van der Waals surface area contributed by atoms with Crippen LogP contribution in [-0.4, -0.2) is 58.3 Å². The monoisotopic (exact) mass is 420 g/mol. The molecule has 8 heteroatoms. The largest absolute Gasteiger partial charge is 0.444 e. The Morgan fingerprint density at radius 1 is 1.17 bits per heavy atom. The highest BCUT2D eigenvalue weighted by atomic mass is 16.8. The van der Waals surface area contributed by atoms with Crippen molar-refractivity contribution < 1.29 is 28.6 Å². The Labute approximate surface area is 178 Å². The van der Waals surface area contributed by atoms with E-state index in [1.807, 2.05) is 65.0 Å². The van der Waals surface area contributed by atoms with Crippen LogP contribution < -0.4 is 0 Å². The van der Waals surface area contributed by atoms with E-state index >= 15 is 0 Å². The van der Waals surface area contributed by atoms with Gasteiger partial charge in [0.15, 0.2) is 0 Å². The molecule has 0 radical (unpaired) electrons. The lowest BCUT2D eigenvalue weighted by Crippen LogP contribution is -2.55. The minimum Gasteiger partial charge on any atom is -0.444 e. The number of carbonyl (C=O) groups is 2. The van der Waals surface area contributed by atoms with Gasteiger partial charge in [-0.3, -0.25) is 14.5 Å². The van der Waals surface area contributed by atoms with Gasteiger partial charge in [0.05, 0.1) is 18.7 Å². The van der Waals surface area contributed by atoms with E-state index < -0.39 is 29.7 Å². The summed E-state index contributed by atoms with van der Waals surface area (Å²) < 4.78 is 16.9. The summed E-state index contributed by atoms with van der Waals surface area (Å²) in [5.41, 5.74) is -0.408. The van der Waals surface area contributed by atoms with Gasteiger partial charge in [-0.25, -0.2) is 4.79 Å². The van der Waals surface area contributed by atoms with Crippen LogP contribution in [0.4, 0.5) is 4.79 Å². The maximum absolute atomic E-state index is 13.0. The molecule has 0 N–H and O–H groups in total. The molecule has 1 aromatic rings. The molecule has 0 aliphatic carbocycles. The second-order valence-electron chi connectivity index (χ2n) is 9.18. The summed E-state index contributed by atoms with van der Waals surface area (Å²) in [5.74, 6) is -0.410. The van der Waals surface area contributed by atoms with Gasteiger partial charge in [-0.1, -0.05) is 30.3 Å². The number of rotatable bonds is 4. The van der Waals surface area contributed by atoms with Crippen molar-refractivity contribution in [2.45, 2.75) is 84.2 Å². The molecule has 0 unspecified atom stereocenters. The number of hydrogen-bond acceptors (Lipinski definition) is 7. The van der Waals surface area contributed by atoms with Crippen LogP contribution in [0.25, 0.3) is 0 Å². The zero-order valence-corrected chi connectivity index (χ0v) is 18.6. The van der Waals surface area contributed by atoms with Crippen molar-refractivity contribution >= 4 is 12.1 Å². The van der Waals surface area contributed by atoms with E-state index in [0.29, 0.717) is 19.6 Å². The third-order valence-corrected chi connectivity index (χ3v) is 5.09. The molecule has 1 aromatic carbocycles. The van der Waals surface area contributed by atoms with Gasteiger partial charge in [0.1, 0.15) is 11.3 Å². The van der Waals surface area contributed by atoms with E-state index in [1.165, 1.54) is 6.92 Å². The lowest BCUT2D eigenvalue weighted by molar-refractivity contribution is -0.241. The van der Waals surface area contributed by atoms with Crippen LogP contribution in [0.2, 0.25) is 0 Å². The average molecular weight is 421 g/mol. The standard InChI is InChI=1S/C22H32N2O6/c1-15(25)28-19-12-17(23(30-19)13-16-10-8-7-9-11-16)18-14-27-22(5,6)24(18)20(26)29-21(2,3)4/h7-11,17-19H,12-14H2,1-6H3/t17-,18-,19-/m0/s1. The Bertz CT molecular complexity index is 761. The van der Waals surface area contributed by atoms with E-state index in [9.17, 15) is 9.59 Å². The summed E-state index contributed by atoms with van der Waals surface area (Å²) in [4.78, 5) is 32.1. The second-order valence-corrected chi connectivity index (χ2v) is 9.18. The number of hydrogen-bond donors (Lipinski definition) is 0. The van der Waals surface area contributed by atoms with Crippen molar-refractivity contribution in [3.8, 4) is 0 Å². The van der Waals surface area contributed by atoms with Crippen molar-refractivity contribution in [2.24, 2.45) is 0 Å². The normalized spacial score (nSPS) is 26.6. The van der Waals surface area contributed by atoms with Crippen LogP contribution >= 0.6 is 0 Å². The number of amides is 1. The van der Waals surface area contributed by atoms with Gasteiger partial charge in [0.25, 0.3) is 0 Å². The summed E-state index contributed by atoms with van der Waals surface area (Å²) in [5, 5.41) is 1.79. The predicted molar refractivity (Wildman–Crippen MR) is 109 cm³/mol. The van der Waals surface area contributed by atoms with E-state index in [-0.39, 0.29) is 12.1 Å². The Morgan fingerprint density at radius 3 is 2.43 bits per heavy atom. The van der Waals surface area contributed by atoms with E-state index in [2.05, 4.69) is 0 Å². The molecule has 0 bridgehead atoms. The van der Waals surface area contributed by atoms with E-state index in [0.717, 1.165) is 5.56 Å². The SMILES string of the molecule is CC(=O)O[C@@H]1C[C@@H]([C@@H]2COC(C)(C)N2C(=O)OC(C)(C)C)N(Cc2ccccc2)O1. The van der Waals surface area contributed by atoms with Gasteiger partial charge in [0.2, 0.25) is 6.29 Å². The minimum absolute atomic E-state index is 0.233. The topological polar surface area (TPSA) is 77.5 Å².